The molecule has 0 radical (unpaired) electrons. The highest BCUT2D eigenvalue weighted by Gasteiger charge is 2.14. The van der Waals surface area contributed by atoms with Crippen LogP contribution in [0.4, 0.5) is 4.39 Å². The Kier molecular flexibility index (Phi) is 4.44. The zero-order valence-corrected chi connectivity index (χ0v) is 14.3. The summed E-state index contributed by atoms with van der Waals surface area (Å²) >= 11 is 1.28. The molecular weight excluding hydrogens is 327 g/mol. The van der Waals surface area contributed by atoms with Crippen molar-refractivity contribution in [3.05, 3.63) is 59.4 Å². The third kappa shape index (κ3) is 2.94. The zero-order valence-electron chi connectivity index (χ0n) is 13.4. The Hall–Kier alpha value is -2.54. The van der Waals surface area contributed by atoms with Crippen LogP contribution in [0, 0.1) is 5.82 Å². The number of carbonyl (C=O) groups excluding carboxylic acids is 1. The average Bonchev–Trinajstić information content (AvgIpc) is 3.13. The van der Waals surface area contributed by atoms with E-state index in [1.807, 2.05) is 18.4 Å². The number of aromatic nitrogens is 3. The number of nitrogens with zero attached hydrogens (tertiary/aromatic N) is 4. The monoisotopic (exact) mass is 344 g/mol. The van der Waals surface area contributed by atoms with Crippen LogP contribution in [0.5, 0.6) is 0 Å². The molecule has 124 valence electrons. The van der Waals surface area contributed by atoms with Gasteiger partial charge in [0.1, 0.15) is 11.5 Å². The SMILES string of the molecule is C=CCn1c(=NC(=O)c2ccnn2C(C)C)sc2cc(F)ccc21. The Morgan fingerprint density at radius 2 is 2.25 bits per heavy atom. The number of thiazole rings is 1. The molecule has 2 heterocycles. The van der Waals surface area contributed by atoms with Gasteiger partial charge < -0.3 is 4.57 Å². The van der Waals surface area contributed by atoms with Crippen LogP contribution in [0.1, 0.15) is 30.4 Å². The van der Waals surface area contributed by atoms with Gasteiger partial charge in [0.25, 0.3) is 5.91 Å². The number of amides is 1. The van der Waals surface area contributed by atoms with E-state index >= 15 is 0 Å². The lowest BCUT2D eigenvalue weighted by Gasteiger charge is -2.07. The number of benzene rings is 1. The predicted octanol–water partition coefficient (Wildman–Crippen LogP) is 3.55. The third-order valence-electron chi connectivity index (χ3n) is 3.53. The van der Waals surface area contributed by atoms with Gasteiger partial charge >= 0.3 is 0 Å². The molecule has 0 aliphatic rings. The first-order valence-corrected chi connectivity index (χ1v) is 8.35. The standard InChI is InChI=1S/C17H17FN4OS/c1-4-9-21-13-6-5-12(18)10-15(13)24-17(21)20-16(23)14-7-8-19-22(14)11(2)3/h4-8,10-11H,1,9H2,2-3H3. The number of halogens is 1. The van der Waals surface area contributed by atoms with Crippen LogP contribution in [0.25, 0.3) is 10.2 Å². The summed E-state index contributed by atoms with van der Waals surface area (Å²) in [6.07, 6.45) is 3.30. The van der Waals surface area contributed by atoms with Crippen molar-refractivity contribution in [3.63, 3.8) is 0 Å². The van der Waals surface area contributed by atoms with Gasteiger partial charge in [0.2, 0.25) is 0 Å². The molecule has 0 fully saturated rings. The molecule has 0 aliphatic carbocycles. The minimum absolute atomic E-state index is 0.0611. The van der Waals surface area contributed by atoms with Gasteiger partial charge in [-0.3, -0.25) is 9.48 Å². The van der Waals surface area contributed by atoms with Crippen LogP contribution >= 0.6 is 11.3 Å². The molecule has 0 atom stereocenters. The third-order valence-corrected chi connectivity index (χ3v) is 4.57. The number of allylic oxidation sites excluding steroid dienone is 1. The molecule has 2 aromatic heterocycles. The molecule has 24 heavy (non-hydrogen) atoms. The van der Waals surface area contributed by atoms with Crippen LogP contribution in [-0.2, 0) is 6.54 Å². The maximum atomic E-state index is 13.5. The summed E-state index contributed by atoms with van der Waals surface area (Å²) in [6, 6.07) is 6.24. The Morgan fingerprint density at radius 1 is 1.46 bits per heavy atom. The van der Waals surface area contributed by atoms with Crippen LogP contribution in [0.2, 0.25) is 0 Å². The van der Waals surface area contributed by atoms with Crippen LogP contribution in [0.3, 0.4) is 0 Å². The van der Waals surface area contributed by atoms with Crippen molar-refractivity contribution in [1.82, 2.24) is 14.3 Å². The Labute approximate surface area is 142 Å². The first-order valence-electron chi connectivity index (χ1n) is 7.53. The number of hydrogen-bond donors (Lipinski definition) is 0. The smallest absolute Gasteiger partial charge is 0.297 e. The molecule has 0 spiro atoms. The first-order chi connectivity index (χ1) is 11.5. The molecular formula is C17H17FN4OS. The molecule has 0 unspecified atom stereocenters. The number of carbonyl (C=O) groups is 1. The summed E-state index contributed by atoms with van der Waals surface area (Å²) in [7, 11) is 0. The maximum absolute atomic E-state index is 13.5. The molecule has 0 saturated carbocycles. The van der Waals surface area contributed by atoms with Gasteiger partial charge in [-0.15, -0.1) is 6.58 Å². The van der Waals surface area contributed by atoms with Crippen LogP contribution in [0.15, 0.2) is 48.1 Å². The molecule has 1 amide bonds. The Balaban J connectivity index is 2.15. The highest BCUT2D eigenvalue weighted by Crippen LogP contribution is 2.19. The minimum Gasteiger partial charge on any atom is -0.312 e. The summed E-state index contributed by atoms with van der Waals surface area (Å²) in [5, 5.41) is 4.16. The van der Waals surface area contributed by atoms with E-state index < -0.39 is 0 Å². The van der Waals surface area contributed by atoms with E-state index in [0.717, 1.165) is 10.2 Å². The van der Waals surface area contributed by atoms with Gasteiger partial charge in [-0.1, -0.05) is 17.4 Å². The second-order valence-electron chi connectivity index (χ2n) is 5.57. The molecule has 1 aromatic carbocycles. The lowest BCUT2D eigenvalue weighted by atomic mass is 10.3. The first kappa shape index (κ1) is 16.3. The van der Waals surface area contributed by atoms with Crippen molar-refractivity contribution in [2.45, 2.75) is 26.4 Å². The van der Waals surface area contributed by atoms with Crippen molar-refractivity contribution in [2.24, 2.45) is 4.99 Å². The summed E-state index contributed by atoms with van der Waals surface area (Å²) in [5.41, 5.74) is 1.25. The van der Waals surface area contributed by atoms with Crippen LogP contribution < -0.4 is 4.80 Å². The van der Waals surface area contributed by atoms with E-state index in [4.69, 9.17) is 0 Å². The Morgan fingerprint density at radius 3 is 2.96 bits per heavy atom. The van der Waals surface area contributed by atoms with E-state index in [2.05, 4.69) is 16.7 Å². The van der Waals surface area contributed by atoms with Gasteiger partial charge in [0.15, 0.2) is 4.80 Å². The average molecular weight is 344 g/mol. The summed E-state index contributed by atoms with van der Waals surface area (Å²) in [6.45, 7) is 8.12. The highest BCUT2D eigenvalue weighted by molar-refractivity contribution is 7.16. The van der Waals surface area contributed by atoms with Crippen molar-refractivity contribution in [3.8, 4) is 0 Å². The van der Waals surface area contributed by atoms with Gasteiger partial charge in [-0.05, 0) is 38.1 Å². The van der Waals surface area contributed by atoms with Crippen LogP contribution in [-0.4, -0.2) is 20.3 Å². The molecule has 3 aromatic rings. The van der Waals surface area contributed by atoms with E-state index in [1.165, 1.54) is 23.5 Å². The fourth-order valence-corrected chi connectivity index (χ4v) is 3.54. The van der Waals surface area contributed by atoms with E-state index in [-0.39, 0.29) is 17.8 Å². The predicted molar refractivity (Wildman–Crippen MR) is 92.5 cm³/mol. The lowest BCUT2D eigenvalue weighted by molar-refractivity contribution is 0.0986. The molecule has 0 bridgehead atoms. The Bertz CT molecular complexity index is 980. The van der Waals surface area contributed by atoms with E-state index in [9.17, 15) is 9.18 Å². The molecule has 0 N–H and O–H groups in total. The topological polar surface area (TPSA) is 52.2 Å². The lowest BCUT2D eigenvalue weighted by Crippen LogP contribution is -2.18. The van der Waals surface area contributed by atoms with E-state index in [0.29, 0.717) is 17.0 Å². The minimum atomic E-state index is -0.369. The molecule has 7 heteroatoms. The molecule has 3 rings (SSSR count). The van der Waals surface area contributed by atoms with Gasteiger partial charge in [-0.2, -0.15) is 10.1 Å². The molecule has 5 nitrogen and oxygen atoms in total. The summed E-state index contributed by atoms with van der Waals surface area (Å²) in [4.78, 5) is 17.3. The fraction of sp³-hybridized carbons (Fsp3) is 0.235. The van der Waals surface area contributed by atoms with Crippen molar-refractivity contribution in [2.75, 3.05) is 0 Å². The fourth-order valence-electron chi connectivity index (χ4n) is 2.48. The number of fused-ring (bicyclic) bond motifs is 1. The molecule has 0 saturated heterocycles. The zero-order chi connectivity index (χ0) is 17.3. The van der Waals surface area contributed by atoms with Crippen molar-refractivity contribution < 1.29 is 9.18 Å². The normalized spacial score (nSPS) is 12.2. The van der Waals surface area contributed by atoms with Crippen molar-refractivity contribution in [1.29, 1.82) is 0 Å². The second-order valence-corrected chi connectivity index (χ2v) is 6.58. The van der Waals surface area contributed by atoms with Gasteiger partial charge in [-0.25, -0.2) is 4.39 Å². The highest BCUT2D eigenvalue weighted by atomic mass is 32.1. The second kappa shape index (κ2) is 6.52. The van der Waals surface area contributed by atoms with E-state index in [1.54, 1.807) is 29.1 Å². The number of rotatable bonds is 4. The summed E-state index contributed by atoms with van der Waals surface area (Å²) in [5.74, 6) is -0.684. The maximum Gasteiger partial charge on any atom is 0.297 e. The molecule has 0 aliphatic heterocycles. The number of hydrogen-bond acceptors (Lipinski definition) is 3. The summed E-state index contributed by atoms with van der Waals surface area (Å²) < 4.78 is 17.7. The van der Waals surface area contributed by atoms with Crippen molar-refractivity contribution >= 4 is 27.5 Å². The van der Waals surface area contributed by atoms with Gasteiger partial charge in [0, 0.05) is 18.8 Å². The quantitative estimate of drug-likeness (QED) is 0.680. The van der Waals surface area contributed by atoms with Gasteiger partial charge in [0.05, 0.1) is 10.2 Å². The largest absolute Gasteiger partial charge is 0.312 e.